The molecule has 20 heavy (non-hydrogen) atoms. The van der Waals surface area contributed by atoms with E-state index >= 15 is 0 Å². The number of nitrogens with one attached hydrogen (secondary N) is 1. The number of halogens is 1. The van der Waals surface area contributed by atoms with Gasteiger partial charge in [-0.3, -0.25) is 0 Å². The van der Waals surface area contributed by atoms with Gasteiger partial charge in [-0.15, -0.1) is 0 Å². The molecule has 0 amide bonds. The Hall–Kier alpha value is -0.540. The molecule has 0 aliphatic rings. The van der Waals surface area contributed by atoms with E-state index in [1.165, 1.54) is 34.0 Å². The second-order valence-electron chi connectivity index (χ2n) is 5.60. The molecule has 0 saturated carbocycles. The number of rotatable bonds is 8. The molecule has 0 aliphatic carbocycles. The van der Waals surface area contributed by atoms with E-state index in [0.29, 0.717) is 0 Å². The van der Waals surface area contributed by atoms with Crippen molar-refractivity contribution in [1.29, 1.82) is 0 Å². The molecule has 1 rings (SSSR count). The zero-order valence-electron chi connectivity index (χ0n) is 13.5. The Morgan fingerprint density at radius 2 is 2.00 bits per heavy atom. The highest BCUT2D eigenvalue weighted by Gasteiger charge is 2.14. The highest BCUT2D eigenvalue weighted by molar-refractivity contribution is 9.10. The van der Waals surface area contributed by atoms with Gasteiger partial charge >= 0.3 is 0 Å². The van der Waals surface area contributed by atoms with Gasteiger partial charge in [-0.2, -0.15) is 0 Å². The van der Waals surface area contributed by atoms with Gasteiger partial charge in [0.15, 0.2) is 0 Å². The lowest BCUT2D eigenvalue weighted by molar-refractivity contribution is 0.401. The summed E-state index contributed by atoms with van der Waals surface area (Å²) in [5.74, 6) is 1.79. The van der Waals surface area contributed by atoms with E-state index in [4.69, 9.17) is 4.74 Å². The first-order valence-electron chi connectivity index (χ1n) is 7.54. The smallest absolute Gasteiger partial charge is 0.125 e. The summed E-state index contributed by atoms with van der Waals surface area (Å²) >= 11 is 3.65. The fourth-order valence-electron chi connectivity index (χ4n) is 2.56. The number of hydrogen-bond acceptors (Lipinski definition) is 2. The zero-order valence-corrected chi connectivity index (χ0v) is 15.1. The SMILES string of the molecule is CCNCCC(C)CCc1c(C)c(Br)cc(C)c1OC. The van der Waals surface area contributed by atoms with Gasteiger partial charge in [-0.25, -0.2) is 0 Å². The average Bonchev–Trinajstić information content (AvgIpc) is 2.41. The summed E-state index contributed by atoms with van der Waals surface area (Å²) in [6, 6.07) is 2.15. The first-order valence-corrected chi connectivity index (χ1v) is 8.33. The Labute approximate surface area is 132 Å². The third-order valence-corrected chi connectivity index (χ3v) is 4.77. The molecule has 0 saturated heterocycles. The quantitative estimate of drug-likeness (QED) is 0.695. The molecule has 1 aromatic rings. The topological polar surface area (TPSA) is 21.3 Å². The summed E-state index contributed by atoms with van der Waals surface area (Å²) in [7, 11) is 1.77. The minimum Gasteiger partial charge on any atom is -0.496 e. The van der Waals surface area contributed by atoms with E-state index in [1.807, 2.05) is 0 Å². The van der Waals surface area contributed by atoms with Crippen LogP contribution in [-0.2, 0) is 6.42 Å². The lowest BCUT2D eigenvalue weighted by atomic mass is 9.94. The van der Waals surface area contributed by atoms with Crippen molar-refractivity contribution in [2.24, 2.45) is 5.92 Å². The summed E-state index contributed by atoms with van der Waals surface area (Å²) < 4.78 is 6.80. The minimum atomic E-state index is 0.734. The molecule has 1 N–H and O–H groups in total. The van der Waals surface area contributed by atoms with Crippen molar-refractivity contribution in [3.63, 3.8) is 0 Å². The Morgan fingerprint density at radius 3 is 2.60 bits per heavy atom. The largest absolute Gasteiger partial charge is 0.496 e. The normalized spacial score (nSPS) is 12.5. The van der Waals surface area contributed by atoms with E-state index in [0.717, 1.165) is 31.2 Å². The van der Waals surface area contributed by atoms with Gasteiger partial charge in [0.1, 0.15) is 5.75 Å². The lowest BCUT2D eigenvalue weighted by Gasteiger charge is -2.18. The average molecular weight is 342 g/mol. The van der Waals surface area contributed by atoms with Crippen LogP contribution in [0, 0.1) is 19.8 Å². The number of ether oxygens (including phenoxy) is 1. The fraction of sp³-hybridized carbons (Fsp3) is 0.647. The summed E-state index contributed by atoms with van der Waals surface area (Å²) in [5.41, 5.74) is 3.88. The zero-order chi connectivity index (χ0) is 15.1. The molecule has 2 nitrogen and oxygen atoms in total. The summed E-state index contributed by atoms with van der Waals surface area (Å²) in [4.78, 5) is 0. The monoisotopic (exact) mass is 341 g/mol. The first-order chi connectivity index (χ1) is 9.51. The molecule has 0 aliphatic heterocycles. The second kappa shape index (κ2) is 8.68. The highest BCUT2D eigenvalue weighted by atomic mass is 79.9. The van der Waals surface area contributed by atoms with Crippen LogP contribution < -0.4 is 10.1 Å². The summed E-state index contributed by atoms with van der Waals surface area (Å²) in [6.07, 6.45) is 3.53. The molecule has 0 spiro atoms. The summed E-state index contributed by atoms with van der Waals surface area (Å²) in [6.45, 7) is 11.0. The standard InChI is InChI=1S/C17H28BrNO/c1-6-19-10-9-12(2)7-8-15-14(4)16(18)11-13(3)17(15)20-5/h11-12,19H,6-10H2,1-5H3. The van der Waals surface area contributed by atoms with E-state index in [1.54, 1.807) is 7.11 Å². The van der Waals surface area contributed by atoms with Crippen LogP contribution in [0.4, 0.5) is 0 Å². The van der Waals surface area contributed by atoms with Gasteiger partial charge in [-0.05, 0) is 74.9 Å². The van der Waals surface area contributed by atoms with Crippen molar-refractivity contribution in [3.05, 3.63) is 27.2 Å². The Bertz CT molecular complexity index is 431. The van der Waals surface area contributed by atoms with Gasteiger partial charge in [0.05, 0.1) is 7.11 Å². The van der Waals surface area contributed by atoms with Crippen LogP contribution in [0.2, 0.25) is 0 Å². The van der Waals surface area contributed by atoms with Crippen molar-refractivity contribution < 1.29 is 4.74 Å². The Morgan fingerprint density at radius 1 is 1.30 bits per heavy atom. The number of aryl methyl sites for hydroxylation is 1. The fourth-order valence-corrected chi connectivity index (χ4v) is 3.14. The van der Waals surface area contributed by atoms with Gasteiger partial charge in [-0.1, -0.05) is 29.8 Å². The van der Waals surface area contributed by atoms with Gasteiger partial charge in [0.25, 0.3) is 0 Å². The van der Waals surface area contributed by atoms with E-state index in [2.05, 4.69) is 55.0 Å². The second-order valence-corrected chi connectivity index (χ2v) is 6.45. The number of benzene rings is 1. The molecule has 114 valence electrons. The van der Waals surface area contributed by atoms with E-state index < -0.39 is 0 Å². The van der Waals surface area contributed by atoms with Crippen molar-refractivity contribution in [2.45, 2.75) is 47.0 Å². The van der Waals surface area contributed by atoms with Crippen molar-refractivity contribution >= 4 is 15.9 Å². The molecular weight excluding hydrogens is 314 g/mol. The predicted octanol–water partition coefficient (Wildman–Crippen LogP) is 4.64. The highest BCUT2D eigenvalue weighted by Crippen LogP contribution is 2.33. The maximum atomic E-state index is 5.61. The van der Waals surface area contributed by atoms with Crippen LogP contribution in [-0.4, -0.2) is 20.2 Å². The Balaban J connectivity index is 2.72. The molecule has 0 aromatic heterocycles. The van der Waals surface area contributed by atoms with Crippen LogP contribution in [0.1, 0.15) is 43.4 Å². The molecule has 0 heterocycles. The Kier molecular flexibility index (Phi) is 7.60. The van der Waals surface area contributed by atoms with Crippen LogP contribution >= 0.6 is 15.9 Å². The molecule has 0 fully saturated rings. The third-order valence-electron chi connectivity index (χ3n) is 3.94. The number of hydrogen-bond donors (Lipinski definition) is 1. The van der Waals surface area contributed by atoms with Gasteiger partial charge in [0, 0.05) is 4.47 Å². The first kappa shape index (κ1) is 17.5. The van der Waals surface area contributed by atoms with Crippen LogP contribution in [0.3, 0.4) is 0 Å². The van der Waals surface area contributed by atoms with Crippen LogP contribution in [0.15, 0.2) is 10.5 Å². The van der Waals surface area contributed by atoms with Crippen molar-refractivity contribution in [1.82, 2.24) is 5.32 Å². The third kappa shape index (κ3) is 4.78. The molecule has 1 aromatic carbocycles. The van der Waals surface area contributed by atoms with Gasteiger partial charge in [0.2, 0.25) is 0 Å². The molecule has 0 bridgehead atoms. The van der Waals surface area contributed by atoms with E-state index in [9.17, 15) is 0 Å². The molecule has 1 unspecified atom stereocenters. The predicted molar refractivity (Wildman–Crippen MR) is 90.8 cm³/mol. The lowest BCUT2D eigenvalue weighted by Crippen LogP contribution is -2.16. The van der Waals surface area contributed by atoms with Crippen LogP contribution in [0.5, 0.6) is 5.75 Å². The molecule has 1 atom stereocenters. The number of methoxy groups -OCH3 is 1. The maximum Gasteiger partial charge on any atom is 0.125 e. The van der Waals surface area contributed by atoms with Crippen molar-refractivity contribution in [3.8, 4) is 5.75 Å². The van der Waals surface area contributed by atoms with Crippen LogP contribution in [0.25, 0.3) is 0 Å². The molecule has 0 radical (unpaired) electrons. The summed E-state index contributed by atoms with van der Waals surface area (Å²) in [5, 5.41) is 3.40. The molecular formula is C17H28BrNO. The molecule has 3 heteroatoms. The van der Waals surface area contributed by atoms with E-state index in [-0.39, 0.29) is 0 Å². The minimum absolute atomic E-state index is 0.734. The maximum absolute atomic E-state index is 5.61. The van der Waals surface area contributed by atoms with Gasteiger partial charge < -0.3 is 10.1 Å². The van der Waals surface area contributed by atoms with Crippen molar-refractivity contribution in [2.75, 3.05) is 20.2 Å².